The highest BCUT2D eigenvalue weighted by Crippen LogP contribution is 2.50. The Morgan fingerprint density at radius 1 is 0.941 bits per heavy atom. The maximum absolute atomic E-state index is 15.2. The number of allylic oxidation sites excluding steroid dienone is 1. The molecule has 1 unspecified atom stereocenters. The molecule has 0 saturated heterocycles. The molecule has 2 aliphatic rings. The van der Waals surface area contributed by atoms with Gasteiger partial charge in [0.25, 0.3) is 0 Å². The summed E-state index contributed by atoms with van der Waals surface area (Å²) in [6.45, 7) is 4.22. The molecule has 0 saturated carbocycles. The summed E-state index contributed by atoms with van der Waals surface area (Å²) in [5.74, 6) is 0.0193. The van der Waals surface area contributed by atoms with Gasteiger partial charge in [-0.15, -0.1) is 0 Å². The van der Waals surface area contributed by atoms with E-state index in [-0.39, 0.29) is 22.8 Å². The van der Waals surface area contributed by atoms with E-state index in [4.69, 9.17) is 16.3 Å². The van der Waals surface area contributed by atoms with Crippen molar-refractivity contribution in [3.63, 3.8) is 0 Å². The number of ether oxygens (including phenoxy) is 1. The van der Waals surface area contributed by atoms with Gasteiger partial charge in [0, 0.05) is 11.8 Å². The highest BCUT2D eigenvalue weighted by Gasteiger charge is 2.43. The zero-order valence-electron chi connectivity index (χ0n) is 19.0. The van der Waals surface area contributed by atoms with Crippen LogP contribution in [0, 0.1) is 17.6 Å². The normalized spacial score (nSPS) is 17.3. The third-order valence-electron chi connectivity index (χ3n) is 6.13. The molecule has 0 radical (unpaired) electrons. The largest absolute Gasteiger partial charge is 0.494 e. The predicted octanol–water partition coefficient (Wildman–Crippen LogP) is 6.96. The van der Waals surface area contributed by atoms with Crippen molar-refractivity contribution in [3.8, 4) is 5.75 Å². The van der Waals surface area contributed by atoms with Crippen molar-refractivity contribution >= 4 is 23.0 Å². The van der Waals surface area contributed by atoms with Crippen LogP contribution in [0.15, 0.2) is 89.9 Å². The minimum absolute atomic E-state index is 0.0486. The number of halogens is 3. The molecule has 174 valence electrons. The average molecular weight is 480 g/mol. The van der Waals surface area contributed by atoms with Crippen molar-refractivity contribution in [2.24, 2.45) is 5.92 Å². The number of nitrogens with one attached hydrogen (secondary N) is 1. The van der Waals surface area contributed by atoms with Crippen molar-refractivity contribution in [1.82, 2.24) is 5.43 Å². The zero-order valence-corrected chi connectivity index (χ0v) is 19.8. The van der Waals surface area contributed by atoms with Crippen LogP contribution in [-0.2, 0) is 0 Å². The van der Waals surface area contributed by atoms with E-state index in [1.807, 2.05) is 40.4 Å². The lowest BCUT2D eigenvalue weighted by Gasteiger charge is -2.31. The molecule has 34 heavy (non-hydrogen) atoms. The van der Waals surface area contributed by atoms with Crippen LogP contribution in [0.2, 0.25) is 5.02 Å². The summed E-state index contributed by atoms with van der Waals surface area (Å²) in [5, 5.41) is 2.07. The molecule has 1 atom stereocenters. The maximum Gasteiger partial charge on any atom is 0.165 e. The quantitative estimate of drug-likeness (QED) is 0.428. The average Bonchev–Trinajstić information content (AvgIpc) is 3.37. The van der Waals surface area contributed by atoms with E-state index in [0.717, 1.165) is 34.0 Å². The van der Waals surface area contributed by atoms with Crippen molar-refractivity contribution < 1.29 is 13.5 Å². The molecule has 0 bridgehead atoms. The second-order valence-electron chi connectivity index (χ2n) is 8.55. The fourth-order valence-corrected chi connectivity index (χ4v) is 4.85. The second-order valence-corrected chi connectivity index (χ2v) is 8.96. The Morgan fingerprint density at radius 2 is 1.65 bits per heavy atom. The van der Waals surface area contributed by atoms with Crippen LogP contribution >= 0.6 is 11.6 Å². The Morgan fingerprint density at radius 3 is 2.35 bits per heavy atom. The number of benzene rings is 3. The number of methoxy groups -OCH3 is 1. The summed E-state index contributed by atoms with van der Waals surface area (Å²) in [5.41, 5.74) is 8.40. The van der Waals surface area contributed by atoms with E-state index < -0.39 is 5.82 Å². The van der Waals surface area contributed by atoms with Gasteiger partial charge in [0.2, 0.25) is 0 Å². The van der Waals surface area contributed by atoms with Crippen LogP contribution in [-0.4, -0.2) is 7.11 Å². The van der Waals surface area contributed by atoms with Gasteiger partial charge in [-0.25, -0.2) is 8.78 Å². The van der Waals surface area contributed by atoms with Crippen LogP contribution in [0.3, 0.4) is 0 Å². The minimum Gasteiger partial charge on any atom is -0.494 e. The van der Waals surface area contributed by atoms with E-state index in [1.165, 1.54) is 18.2 Å². The molecule has 0 fully saturated rings. The summed E-state index contributed by atoms with van der Waals surface area (Å²) >= 11 is 6.12. The van der Waals surface area contributed by atoms with Crippen LogP contribution in [0.5, 0.6) is 5.75 Å². The van der Waals surface area contributed by atoms with Crippen LogP contribution in [0.4, 0.5) is 20.2 Å². The molecule has 2 heterocycles. The first kappa shape index (κ1) is 22.3. The monoisotopic (exact) mass is 479 g/mol. The van der Waals surface area contributed by atoms with Crippen LogP contribution in [0.25, 0.3) is 0 Å². The first-order chi connectivity index (χ1) is 16.4. The summed E-state index contributed by atoms with van der Waals surface area (Å²) < 4.78 is 34.6. The zero-order chi connectivity index (χ0) is 24.0. The molecular weight excluding hydrogens is 456 g/mol. The van der Waals surface area contributed by atoms with Crippen molar-refractivity contribution in [3.05, 3.63) is 112 Å². The SMILES string of the molecule is COc1ccccc1N1NC2=CN(c3cccc(Cl)c3F)C(c3ccc(F)cc3)C2=C1C(C)C. The van der Waals surface area contributed by atoms with Gasteiger partial charge >= 0.3 is 0 Å². The van der Waals surface area contributed by atoms with Crippen molar-refractivity contribution in [2.75, 3.05) is 17.0 Å². The van der Waals surface area contributed by atoms with E-state index in [9.17, 15) is 4.39 Å². The Kier molecular flexibility index (Phi) is 5.70. The van der Waals surface area contributed by atoms with Gasteiger partial charge in [-0.05, 0) is 47.9 Å². The van der Waals surface area contributed by atoms with Crippen molar-refractivity contribution in [1.29, 1.82) is 0 Å². The summed E-state index contributed by atoms with van der Waals surface area (Å²) in [6.07, 6.45) is 1.88. The maximum atomic E-state index is 15.2. The van der Waals surface area contributed by atoms with E-state index in [1.54, 1.807) is 31.4 Å². The Balaban J connectivity index is 1.72. The number of hydrazine groups is 1. The van der Waals surface area contributed by atoms with Gasteiger partial charge in [-0.1, -0.05) is 55.8 Å². The highest BCUT2D eigenvalue weighted by atomic mass is 35.5. The number of hydrogen-bond acceptors (Lipinski definition) is 4. The molecule has 0 amide bonds. The molecule has 0 aliphatic carbocycles. The molecule has 2 aliphatic heterocycles. The first-order valence-electron chi connectivity index (χ1n) is 11.0. The lowest BCUT2D eigenvalue weighted by atomic mass is 9.93. The second kappa shape index (κ2) is 8.69. The molecule has 0 spiro atoms. The number of fused-ring (bicyclic) bond motifs is 1. The van der Waals surface area contributed by atoms with Gasteiger partial charge in [0.15, 0.2) is 5.82 Å². The summed E-state index contributed by atoms with van der Waals surface area (Å²) in [6, 6.07) is 18.7. The molecular formula is C27H24ClF2N3O. The number of rotatable bonds is 5. The van der Waals surface area contributed by atoms with Gasteiger partial charge in [-0.2, -0.15) is 0 Å². The van der Waals surface area contributed by atoms with E-state index in [0.29, 0.717) is 5.69 Å². The minimum atomic E-state index is -0.499. The van der Waals surface area contributed by atoms with E-state index >= 15 is 4.39 Å². The fourth-order valence-electron chi connectivity index (χ4n) is 4.68. The topological polar surface area (TPSA) is 27.7 Å². The lowest BCUT2D eigenvalue weighted by Crippen LogP contribution is -2.34. The Labute approximate surface area is 202 Å². The molecule has 0 aromatic heterocycles. The highest BCUT2D eigenvalue weighted by molar-refractivity contribution is 6.31. The Hall–Kier alpha value is -3.51. The van der Waals surface area contributed by atoms with Gasteiger partial charge < -0.3 is 9.64 Å². The van der Waals surface area contributed by atoms with Crippen LogP contribution in [0.1, 0.15) is 25.5 Å². The van der Waals surface area contributed by atoms with Crippen molar-refractivity contribution in [2.45, 2.75) is 19.9 Å². The van der Waals surface area contributed by atoms with Gasteiger partial charge in [-0.3, -0.25) is 10.4 Å². The standard InChI is InChI=1S/C27H24ClF2N3O/c1-16(2)26-24-20(31-33(26)21-8-4-5-10-23(21)34-3)15-32(22-9-6-7-19(28)25(22)30)27(24)17-11-13-18(29)14-12-17/h4-16,27,31H,1-3H3. The van der Waals surface area contributed by atoms with Gasteiger partial charge in [0.1, 0.15) is 17.3 Å². The number of hydrogen-bond donors (Lipinski definition) is 1. The van der Waals surface area contributed by atoms with E-state index in [2.05, 4.69) is 19.3 Å². The lowest BCUT2D eigenvalue weighted by molar-refractivity contribution is 0.414. The molecule has 1 N–H and O–H groups in total. The number of para-hydroxylation sites is 2. The van der Waals surface area contributed by atoms with Crippen LogP contribution < -0.4 is 20.1 Å². The third kappa shape index (κ3) is 3.59. The molecule has 3 aromatic carbocycles. The fraction of sp³-hybridized carbons (Fsp3) is 0.185. The predicted molar refractivity (Wildman–Crippen MR) is 132 cm³/mol. The number of nitrogens with zero attached hydrogens (tertiary/aromatic N) is 2. The molecule has 5 rings (SSSR count). The Bertz CT molecular complexity index is 1300. The third-order valence-corrected chi connectivity index (χ3v) is 6.42. The molecule has 3 aromatic rings. The summed E-state index contributed by atoms with van der Waals surface area (Å²) in [4.78, 5) is 1.86. The number of anilines is 2. The first-order valence-corrected chi connectivity index (χ1v) is 11.4. The molecule has 4 nitrogen and oxygen atoms in total. The smallest absolute Gasteiger partial charge is 0.165 e. The molecule has 7 heteroatoms. The van der Waals surface area contributed by atoms with Gasteiger partial charge in [0.05, 0.1) is 35.3 Å². The summed E-state index contributed by atoms with van der Waals surface area (Å²) in [7, 11) is 1.64.